The normalized spacial score (nSPS) is 13.0. The van der Waals surface area contributed by atoms with Gasteiger partial charge in [-0.05, 0) is 33.6 Å². The van der Waals surface area contributed by atoms with E-state index in [1.54, 1.807) is 20.8 Å². The second kappa shape index (κ2) is 10.5. The van der Waals surface area contributed by atoms with Gasteiger partial charge in [0.25, 0.3) is 0 Å². The summed E-state index contributed by atoms with van der Waals surface area (Å²) < 4.78 is 10.2. The zero-order valence-electron chi connectivity index (χ0n) is 14.6. The minimum Gasteiger partial charge on any atom is -0.463 e. The van der Waals surface area contributed by atoms with Crippen molar-refractivity contribution in [3.63, 3.8) is 0 Å². The Hall–Kier alpha value is -2.30. The van der Waals surface area contributed by atoms with Crippen LogP contribution in [0, 0.1) is 10.8 Å². The molecule has 0 spiro atoms. The van der Waals surface area contributed by atoms with Crippen molar-refractivity contribution in [1.82, 2.24) is 0 Å². The third-order valence-corrected chi connectivity index (χ3v) is 3.66. The standard InChI is InChI=1S/C16H24N2O6/c1-5-16(4,14(22)24-9-7-18-12-20)10-15(2,3)13(21)23-8-6-17-11-19/h5-10H2,1-4H3. The zero-order chi connectivity index (χ0) is 18.6. The number of ether oxygens (including phenoxy) is 2. The maximum Gasteiger partial charge on any atom is 0.311 e. The lowest BCUT2D eigenvalue weighted by molar-refractivity contribution is -0.162. The Balaban J connectivity index is 4.78. The highest BCUT2D eigenvalue weighted by atomic mass is 16.5. The van der Waals surface area contributed by atoms with Gasteiger partial charge in [0.1, 0.15) is 13.2 Å². The molecule has 0 bridgehead atoms. The fourth-order valence-corrected chi connectivity index (χ4v) is 2.22. The number of hydrogen-bond donors (Lipinski definition) is 0. The van der Waals surface area contributed by atoms with Crippen LogP contribution < -0.4 is 0 Å². The molecule has 134 valence electrons. The number of aliphatic imine (C=N–C) groups is 2. The number of carbonyl (C=O) groups excluding carboxylic acids is 4. The van der Waals surface area contributed by atoms with Crippen molar-refractivity contribution in [3.05, 3.63) is 0 Å². The van der Waals surface area contributed by atoms with Gasteiger partial charge < -0.3 is 9.47 Å². The third-order valence-electron chi connectivity index (χ3n) is 3.66. The van der Waals surface area contributed by atoms with Crippen LogP contribution in [-0.2, 0) is 28.7 Å². The molecular formula is C16H24N2O6. The Kier molecular flexibility index (Phi) is 9.47. The SMILES string of the molecule is CCC(C)(CC(C)(C)C(=O)OCCN=C=O)C(=O)OCCN=C=O. The number of nitrogens with zero attached hydrogens (tertiary/aromatic N) is 2. The molecule has 0 aromatic carbocycles. The van der Waals surface area contributed by atoms with Crippen molar-refractivity contribution in [1.29, 1.82) is 0 Å². The van der Waals surface area contributed by atoms with Crippen molar-refractivity contribution >= 4 is 24.1 Å². The molecule has 0 aromatic rings. The molecule has 0 amide bonds. The van der Waals surface area contributed by atoms with Crippen LogP contribution in [0.3, 0.4) is 0 Å². The lowest BCUT2D eigenvalue weighted by Gasteiger charge is -2.33. The van der Waals surface area contributed by atoms with E-state index in [4.69, 9.17) is 9.47 Å². The first-order chi connectivity index (χ1) is 11.2. The van der Waals surface area contributed by atoms with Gasteiger partial charge in [-0.1, -0.05) is 6.92 Å². The molecule has 0 aliphatic heterocycles. The van der Waals surface area contributed by atoms with Crippen molar-refractivity contribution in [2.45, 2.75) is 40.5 Å². The highest BCUT2D eigenvalue weighted by Gasteiger charge is 2.42. The summed E-state index contributed by atoms with van der Waals surface area (Å²) in [7, 11) is 0. The van der Waals surface area contributed by atoms with E-state index in [1.807, 2.05) is 6.92 Å². The molecule has 0 aliphatic carbocycles. The fraction of sp³-hybridized carbons (Fsp3) is 0.750. The summed E-state index contributed by atoms with van der Waals surface area (Å²) in [5.41, 5.74) is -1.80. The Morgan fingerprint density at radius 1 is 0.917 bits per heavy atom. The Labute approximate surface area is 141 Å². The van der Waals surface area contributed by atoms with E-state index in [1.165, 1.54) is 12.2 Å². The molecule has 0 fully saturated rings. The number of hydrogen-bond acceptors (Lipinski definition) is 8. The molecule has 0 aromatic heterocycles. The molecule has 8 nitrogen and oxygen atoms in total. The summed E-state index contributed by atoms with van der Waals surface area (Å²) in [5, 5.41) is 0. The number of rotatable bonds is 11. The summed E-state index contributed by atoms with van der Waals surface area (Å²) in [6, 6.07) is 0. The summed E-state index contributed by atoms with van der Waals surface area (Å²) in [4.78, 5) is 51.0. The second-order valence-electron chi connectivity index (χ2n) is 6.19. The van der Waals surface area contributed by atoms with Crippen molar-refractivity contribution in [2.75, 3.05) is 26.3 Å². The number of isocyanates is 2. The smallest absolute Gasteiger partial charge is 0.311 e. The summed E-state index contributed by atoms with van der Waals surface area (Å²) in [5.74, 6) is -0.945. The molecule has 0 radical (unpaired) electrons. The average molecular weight is 340 g/mol. The molecule has 0 heterocycles. The lowest BCUT2D eigenvalue weighted by Crippen LogP contribution is -2.39. The summed E-state index contributed by atoms with van der Waals surface area (Å²) in [6.07, 6.45) is 3.42. The van der Waals surface area contributed by atoms with Crippen LogP contribution in [0.2, 0.25) is 0 Å². The third kappa shape index (κ3) is 7.31. The molecule has 8 heteroatoms. The van der Waals surface area contributed by atoms with Crippen LogP contribution in [0.25, 0.3) is 0 Å². The van der Waals surface area contributed by atoms with Crippen LogP contribution in [0.5, 0.6) is 0 Å². The van der Waals surface area contributed by atoms with Crippen molar-refractivity contribution < 1.29 is 28.7 Å². The van der Waals surface area contributed by atoms with Gasteiger partial charge in [0.15, 0.2) is 0 Å². The molecule has 24 heavy (non-hydrogen) atoms. The van der Waals surface area contributed by atoms with Gasteiger partial charge in [0.2, 0.25) is 12.2 Å². The first-order valence-electron chi connectivity index (χ1n) is 7.65. The van der Waals surface area contributed by atoms with Gasteiger partial charge in [-0.25, -0.2) is 19.6 Å². The Morgan fingerprint density at radius 3 is 1.79 bits per heavy atom. The van der Waals surface area contributed by atoms with Crippen LogP contribution in [0.1, 0.15) is 40.5 Å². The monoisotopic (exact) mass is 340 g/mol. The molecule has 0 saturated carbocycles. The predicted octanol–water partition coefficient (Wildman–Crippen LogP) is 1.58. The highest BCUT2D eigenvalue weighted by Crippen LogP contribution is 2.38. The molecule has 1 atom stereocenters. The first-order valence-corrected chi connectivity index (χ1v) is 7.65. The van der Waals surface area contributed by atoms with Crippen molar-refractivity contribution in [2.24, 2.45) is 20.8 Å². The quantitative estimate of drug-likeness (QED) is 0.244. The van der Waals surface area contributed by atoms with Gasteiger partial charge in [-0.3, -0.25) is 9.59 Å². The largest absolute Gasteiger partial charge is 0.463 e. The molecule has 0 rings (SSSR count). The molecule has 1 unspecified atom stereocenters. The van der Waals surface area contributed by atoms with E-state index in [2.05, 4.69) is 9.98 Å². The Bertz CT molecular complexity index is 533. The van der Waals surface area contributed by atoms with Crippen molar-refractivity contribution in [3.8, 4) is 0 Å². The van der Waals surface area contributed by atoms with Crippen LogP contribution in [0.15, 0.2) is 9.98 Å². The van der Waals surface area contributed by atoms with E-state index in [9.17, 15) is 19.2 Å². The highest BCUT2D eigenvalue weighted by molar-refractivity contribution is 5.80. The average Bonchev–Trinajstić information content (AvgIpc) is 2.54. The van der Waals surface area contributed by atoms with E-state index in [0.29, 0.717) is 6.42 Å². The van der Waals surface area contributed by atoms with E-state index in [-0.39, 0.29) is 32.7 Å². The second-order valence-corrected chi connectivity index (χ2v) is 6.19. The van der Waals surface area contributed by atoms with Crippen LogP contribution >= 0.6 is 0 Å². The number of carbonyl (C=O) groups is 2. The van der Waals surface area contributed by atoms with Gasteiger partial charge in [-0.2, -0.15) is 0 Å². The molecular weight excluding hydrogens is 316 g/mol. The van der Waals surface area contributed by atoms with Gasteiger partial charge in [0, 0.05) is 0 Å². The van der Waals surface area contributed by atoms with Crippen LogP contribution in [-0.4, -0.2) is 50.4 Å². The maximum absolute atomic E-state index is 12.3. The molecule has 0 N–H and O–H groups in total. The van der Waals surface area contributed by atoms with Crippen LogP contribution in [0.4, 0.5) is 0 Å². The fourth-order valence-electron chi connectivity index (χ4n) is 2.22. The molecule has 0 saturated heterocycles. The maximum atomic E-state index is 12.3. The Morgan fingerprint density at radius 2 is 1.38 bits per heavy atom. The zero-order valence-corrected chi connectivity index (χ0v) is 14.6. The number of esters is 2. The minimum absolute atomic E-state index is 0.0156. The minimum atomic E-state index is -0.921. The van der Waals surface area contributed by atoms with Gasteiger partial charge >= 0.3 is 11.9 Å². The first kappa shape index (κ1) is 21.7. The van der Waals surface area contributed by atoms with Gasteiger partial charge in [0.05, 0.1) is 23.9 Å². The predicted molar refractivity (Wildman–Crippen MR) is 84.7 cm³/mol. The van der Waals surface area contributed by atoms with E-state index < -0.39 is 22.8 Å². The van der Waals surface area contributed by atoms with E-state index >= 15 is 0 Å². The summed E-state index contributed by atoms with van der Waals surface area (Å²) in [6.45, 7) is 6.96. The summed E-state index contributed by atoms with van der Waals surface area (Å²) >= 11 is 0. The topological polar surface area (TPSA) is 111 Å². The molecule has 0 aliphatic rings. The van der Waals surface area contributed by atoms with E-state index in [0.717, 1.165) is 0 Å². The lowest BCUT2D eigenvalue weighted by atomic mass is 9.72. The van der Waals surface area contributed by atoms with Gasteiger partial charge in [-0.15, -0.1) is 0 Å².